The smallest absolute Gasteiger partial charge is 0.311 e. The van der Waals surface area contributed by atoms with Crippen molar-refractivity contribution in [2.75, 3.05) is 7.11 Å². The number of esters is 1. The lowest BCUT2D eigenvalue weighted by Gasteiger charge is -2.20. The minimum Gasteiger partial charge on any atom is -0.469 e. The fraction of sp³-hybridized carbons (Fsp3) is 0.417. The van der Waals surface area contributed by atoms with Gasteiger partial charge in [-0.25, -0.2) is 4.39 Å². The van der Waals surface area contributed by atoms with E-state index in [9.17, 15) is 14.3 Å². The predicted octanol–water partition coefficient (Wildman–Crippen LogP) is 2.82. The molecule has 1 aromatic carbocycles. The van der Waals surface area contributed by atoms with E-state index in [0.717, 1.165) is 0 Å². The van der Waals surface area contributed by atoms with Crippen molar-refractivity contribution < 1.29 is 19.0 Å². The van der Waals surface area contributed by atoms with Crippen LogP contribution in [-0.2, 0) is 9.53 Å². The molecule has 0 aliphatic heterocycles. The third-order valence-electron chi connectivity index (χ3n) is 2.61. The quantitative estimate of drug-likeness (QED) is 0.870. The van der Waals surface area contributed by atoms with Crippen molar-refractivity contribution in [1.82, 2.24) is 0 Å². The Balaban J connectivity index is 3.01. The standard InChI is InChI=1S/C12H14BrFO3/c1-3-8(12(16)17-2)11(15)9-5-4-7(14)6-10(9)13/h4-6,8,11,15H,3H2,1-2H3. The number of carbonyl (C=O) groups excluding carboxylic acids is 1. The zero-order chi connectivity index (χ0) is 13.0. The molecule has 0 saturated heterocycles. The fourth-order valence-corrected chi connectivity index (χ4v) is 2.21. The van der Waals surface area contributed by atoms with E-state index in [4.69, 9.17) is 0 Å². The Labute approximate surface area is 108 Å². The highest BCUT2D eigenvalue weighted by molar-refractivity contribution is 9.10. The molecule has 0 saturated carbocycles. The first-order valence-electron chi connectivity index (χ1n) is 5.22. The maximum atomic E-state index is 12.9. The Morgan fingerprint density at radius 2 is 2.24 bits per heavy atom. The molecule has 2 atom stereocenters. The highest BCUT2D eigenvalue weighted by Crippen LogP contribution is 2.31. The number of ether oxygens (including phenoxy) is 1. The molecule has 0 heterocycles. The molecule has 0 spiro atoms. The van der Waals surface area contributed by atoms with Crippen LogP contribution in [-0.4, -0.2) is 18.2 Å². The average molecular weight is 305 g/mol. The molecule has 5 heteroatoms. The zero-order valence-electron chi connectivity index (χ0n) is 9.61. The second-order valence-corrected chi connectivity index (χ2v) is 4.50. The van der Waals surface area contributed by atoms with Gasteiger partial charge in [-0.05, 0) is 24.1 Å². The molecule has 94 valence electrons. The summed E-state index contributed by atoms with van der Waals surface area (Å²) in [5.74, 6) is -1.53. The number of hydrogen-bond donors (Lipinski definition) is 1. The number of aliphatic hydroxyl groups is 1. The van der Waals surface area contributed by atoms with Crippen molar-refractivity contribution in [3.05, 3.63) is 34.1 Å². The monoisotopic (exact) mass is 304 g/mol. The van der Waals surface area contributed by atoms with Crippen molar-refractivity contribution in [1.29, 1.82) is 0 Å². The molecule has 0 aromatic heterocycles. The van der Waals surface area contributed by atoms with Crippen LogP contribution in [0.25, 0.3) is 0 Å². The van der Waals surface area contributed by atoms with Gasteiger partial charge in [-0.2, -0.15) is 0 Å². The molecule has 0 fully saturated rings. The summed E-state index contributed by atoms with van der Waals surface area (Å²) in [6.07, 6.45) is -0.570. The third-order valence-corrected chi connectivity index (χ3v) is 3.29. The first-order chi connectivity index (χ1) is 8.01. The largest absolute Gasteiger partial charge is 0.469 e. The number of aliphatic hydroxyl groups excluding tert-OH is 1. The fourth-order valence-electron chi connectivity index (χ4n) is 1.63. The van der Waals surface area contributed by atoms with Crippen LogP contribution in [0.1, 0.15) is 25.0 Å². The molecule has 0 bridgehead atoms. The third kappa shape index (κ3) is 3.26. The molecule has 0 aliphatic carbocycles. The summed E-state index contributed by atoms with van der Waals surface area (Å²) in [5.41, 5.74) is 0.476. The summed E-state index contributed by atoms with van der Waals surface area (Å²) >= 11 is 3.16. The van der Waals surface area contributed by atoms with Gasteiger partial charge in [0.05, 0.1) is 19.1 Å². The van der Waals surface area contributed by atoms with Gasteiger partial charge in [-0.3, -0.25) is 4.79 Å². The van der Waals surface area contributed by atoms with Crippen LogP contribution in [0, 0.1) is 11.7 Å². The highest BCUT2D eigenvalue weighted by atomic mass is 79.9. The van der Waals surface area contributed by atoms with Gasteiger partial charge in [-0.15, -0.1) is 0 Å². The van der Waals surface area contributed by atoms with Gasteiger partial charge in [0.25, 0.3) is 0 Å². The first-order valence-corrected chi connectivity index (χ1v) is 6.01. The number of rotatable bonds is 4. The van der Waals surface area contributed by atoms with Crippen LogP contribution >= 0.6 is 15.9 Å². The molecule has 1 aromatic rings. The number of hydrogen-bond acceptors (Lipinski definition) is 3. The first kappa shape index (κ1) is 14.1. The van der Waals surface area contributed by atoms with Gasteiger partial charge >= 0.3 is 5.97 Å². The second kappa shape index (κ2) is 6.12. The van der Waals surface area contributed by atoms with Crippen LogP contribution in [0.3, 0.4) is 0 Å². The van der Waals surface area contributed by atoms with E-state index < -0.39 is 23.8 Å². The molecule has 0 radical (unpaired) electrons. The maximum Gasteiger partial charge on any atom is 0.311 e. The Morgan fingerprint density at radius 1 is 1.59 bits per heavy atom. The SMILES string of the molecule is CCC(C(=O)OC)C(O)c1ccc(F)cc1Br. The molecule has 2 unspecified atom stereocenters. The summed E-state index contributed by atoms with van der Waals surface area (Å²) in [6, 6.07) is 3.95. The summed E-state index contributed by atoms with van der Waals surface area (Å²) in [7, 11) is 1.28. The van der Waals surface area contributed by atoms with Gasteiger partial charge in [0, 0.05) is 4.47 Å². The zero-order valence-corrected chi connectivity index (χ0v) is 11.2. The van der Waals surface area contributed by atoms with E-state index in [1.807, 2.05) is 0 Å². The van der Waals surface area contributed by atoms with Crippen LogP contribution in [0.15, 0.2) is 22.7 Å². The summed E-state index contributed by atoms with van der Waals surface area (Å²) < 4.78 is 18.0. The molecule has 1 rings (SSSR count). The molecule has 0 aliphatic rings. The van der Waals surface area contributed by atoms with Crippen molar-refractivity contribution in [2.24, 2.45) is 5.92 Å². The van der Waals surface area contributed by atoms with Crippen molar-refractivity contribution >= 4 is 21.9 Å². The molecule has 17 heavy (non-hydrogen) atoms. The van der Waals surface area contributed by atoms with E-state index in [2.05, 4.69) is 20.7 Å². The van der Waals surface area contributed by atoms with Gasteiger partial charge < -0.3 is 9.84 Å². The molecule has 1 N–H and O–H groups in total. The lowest BCUT2D eigenvalue weighted by molar-refractivity contribution is -0.149. The van der Waals surface area contributed by atoms with E-state index in [1.165, 1.54) is 25.3 Å². The summed E-state index contributed by atoms with van der Waals surface area (Å²) in [5, 5.41) is 10.1. The van der Waals surface area contributed by atoms with Gasteiger partial charge in [0.15, 0.2) is 0 Å². The van der Waals surface area contributed by atoms with Crippen LogP contribution in [0.4, 0.5) is 4.39 Å². The van der Waals surface area contributed by atoms with E-state index >= 15 is 0 Å². The minimum absolute atomic E-state index is 0.404. The summed E-state index contributed by atoms with van der Waals surface area (Å²) in [6.45, 7) is 1.78. The number of halogens is 2. The Bertz CT molecular complexity index is 409. The lowest BCUT2D eigenvalue weighted by Crippen LogP contribution is -2.23. The van der Waals surface area contributed by atoms with Crippen molar-refractivity contribution in [3.63, 3.8) is 0 Å². The number of benzene rings is 1. The minimum atomic E-state index is -1.01. The van der Waals surface area contributed by atoms with Crippen LogP contribution in [0.5, 0.6) is 0 Å². The van der Waals surface area contributed by atoms with Crippen molar-refractivity contribution in [2.45, 2.75) is 19.4 Å². The lowest BCUT2D eigenvalue weighted by atomic mass is 9.93. The van der Waals surface area contributed by atoms with Crippen LogP contribution < -0.4 is 0 Å². The number of carbonyl (C=O) groups is 1. The molecule has 3 nitrogen and oxygen atoms in total. The normalized spacial score (nSPS) is 14.2. The predicted molar refractivity (Wildman–Crippen MR) is 64.9 cm³/mol. The maximum absolute atomic E-state index is 12.9. The topological polar surface area (TPSA) is 46.5 Å². The van der Waals surface area contributed by atoms with Crippen molar-refractivity contribution in [3.8, 4) is 0 Å². The Kier molecular flexibility index (Phi) is 5.08. The molecular weight excluding hydrogens is 291 g/mol. The Hall–Kier alpha value is -0.940. The summed E-state index contributed by atoms with van der Waals surface area (Å²) in [4.78, 5) is 11.5. The molecule has 0 amide bonds. The van der Waals surface area contributed by atoms with E-state index in [1.54, 1.807) is 6.92 Å². The second-order valence-electron chi connectivity index (χ2n) is 3.65. The molecular formula is C12H14BrFO3. The van der Waals surface area contributed by atoms with Crippen LogP contribution in [0.2, 0.25) is 0 Å². The van der Waals surface area contributed by atoms with Gasteiger partial charge in [-0.1, -0.05) is 28.9 Å². The van der Waals surface area contributed by atoms with Gasteiger partial charge in [0.1, 0.15) is 5.82 Å². The van der Waals surface area contributed by atoms with Gasteiger partial charge in [0.2, 0.25) is 0 Å². The average Bonchev–Trinajstić information content (AvgIpc) is 2.29. The van der Waals surface area contributed by atoms with E-state index in [-0.39, 0.29) is 0 Å². The Morgan fingerprint density at radius 3 is 2.71 bits per heavy atom. The highest BCUT2D eigenvalue weighted by Gasteiger charge is 2.28. The number of methoxy groups -OCH3 is 1. The van der Waals surface area contributed by atoms with E-state index in [0.29, 0.717) is 16.5 Å².